The average molecular weight is 305 g/mol. The number of halogens is 4. The third kappa shape index (κ3) is 2.77. The smallest absolute Gasteiger partial charge is 0.416 e. The molecule has 0 unspecified atom stereocenters. The molecule has 1 aromatic heterocycles. The number of aromatic nitrogens is 2. The second-order valence-corrected chi connectivity index (χ2v) is 4.17. The number of hydrogen-bond donors (Lipinski definition) is 1. The standard InChI is InChI=1S/C12H8ClF3N2O2/c13-6-9-10(19)5-11(20)18(17-9)8-3-1-7(2-4-8)12(14,15)16/h1-5,19H,6H2. The van der Waals surface area contributed by atoms with Crippen molar-refractivity contribution in [2.24, 2.45) is 0 Å². The van der Waals surface area contributed by atoms with Crippen LogP contribution in [0.25, 0.3) is 5.69 Å². The number of nitrogens with zero attached hydrogens (tertiary/aromatic N) is 2. The molecule has 4 nitrogen and oxygen atoms in total. The highest BCUT2D eigenvalue weighted by molar-refractivity contribution is 6.17. The molecule has 1 N–H and O–H groups in total. The van der Waals surface area contributed by atoms with E-state index >= 15 is 0 Å². The molecule has 0 aliphatic heterocycles. The molecule has 0 spiro atoms. The van der Waals surface area contributed by atoms with Gasteiger partial charge in [-0.05, 0) is 24.3 Å². The number of rotatable bonds is 2. The number of aromatic hydroxyl groups is 1. The summed E-state index contributed by atoms with van der Waals surface area (Å²) in [5.74, 6) is -0.486. The second-order valence-electron chi connectivity index (χ2n) is 3.90. The fourth-order valence-corrected chi connectivity index (χ4v) is 1.74. The van der Waals surface area contributed by atoms with Gasteiger partial charge in [-0.25, -0.2) is 0 Å². The van der Waals surface area contributed by atoms with Crippen molar-refractivity contribution in [3.05, 3.63) is 51.9 Å². The van der Waals surface area contributed by atoms with Crippen LogP contribution in [0.3, 0.4) is 0 Å². The van der Waals surface area contributed by atoms with Crippen molar-refractivity contribution < 1.29 is 18.3 Å². The summed E-state index contributed by atoms with van der Waals surface area (Å²) >= 11 is 5.54. The Balaban J connectivity index is 2.49. The van der Waals surface area contributed by atoms with Crippen molar-refractivity contribution in [3.63, 3.8) is 0 Å². The predicted octanol–water partition coefficient (Wildman–Crippen LogP) is 2.70. The molecule has 0 saturated carbocycles. The van der Waals surface area contributed by atoms with Gasteiger partial charge in [0.15, 0.2) is 0 Å². The van der Waals surface area contributed by atoms with Crippen molar-refractivity contribution in [2.45, 2.75) is 12.1 Å². The van der Waals surface area contributed by atoms with Crippen LogP contribution in [0.2, 0.25) is 0 Å². The highest BCUT2D eigenvalue weighted by Gasteiger charge is 2.30. The molecule has 20 heavy (non-hydrogen) atoms. The summed E-state index contributed by atoms with van der Waals surface area (Å²) < 4.78 is 38.2. The van der Waals surface area contributed by atoms with Crippen LogP contribution in [0.5, 0.6) is 5.75 Å². The summed E-state index contributed by atoms with van der Waals surface area (Å²) in [4.78, 5) is 11.7. The first-order valence-electron chi connectivity index (χ1n) is 5.39. The van der Waals surface area contributed by atoms with Gasteiger partial charge in [0.2, 0.25) is 0 Å². The molecule has 0 radical (unpaired) electrons. The Morgan fingerprint density at radius 2 is 1.85 bits per heavy atom. The molecule has 1 aromatic carbocycles. The van der Waals surface area contributed by atoms with E-state index in [2.05, 4.69) is 5.10 Å². The minimum Gasteiger partial charge on any atom is -0.506 e. The molecule has 2 aromatic rings. The molecule has 2 rings (SSSR count). The van der Waals surface area contributed by atoms with Crippen LogP contribution >= 0.6 is 11.6 Å². The van der Waals surface area contributed by atoms with Gasteiger partial charge in [-0.2, -0.15) is 23.0 Å². The first-order valence-corrected chi connectivity index (χ1v) is 5.92. The minimum atomic E-state index is -4.45. The first kappa shape index (κ1) is 14.4. The van der Waals surface area contributed by atoms with E-state index in [0.717, 1.165) is 35.0 Å². The van der Waals surface area contributed by atoms with E-state index < -0.39 is 17.3 Å². The van der Waals surface area contributed by atoms with Crippen molar-refractivity contribution in [1.82, 2.24) is 9.78 Å². The Morgan fingerprint density at radius 3 is 2.35 bits per heavy atom. The fourth-order valence-electron chi connectivity index (χ4n) is 1.55. The summed E-state index contributed by atoms with van der Waals surface area (Å²) in [5.41, 5.74) is -1.29. The number of benzene rings is 1. The van der Waals surface area contributed by atoms with E-state index in [4.69, 9.17) is 11.6 Å². The van der Waals surface area contributed by atoms with E-state index in [-0.39, 0.29) is 23.0 Å². The lowest BCUT2D eigenvalue weighted by Crippen LogP contribution is -2.21. The van der Waals surface area contributed by atoms with E-state index in [0.29, 0.717) is 0 Å². The normalized spacial score (nSPS) is 11.6. The number of hydrogen-bond acceptors (Lipinski definition) is 3. The zero-order chi connectivity index (χ0) is 14.9. The zero-order valence-electron chi connectivity index (χ0n) is 9.86. The third-order valence-corrected chi connectivity index (χ3v) is 2.80. The SMILES string of the molecule is O=c1cc(O)c(CCl)nn1-c1ccc(C(F)(F)F)cc1. The van der Waals surface area contributed by atoms with Gasteiger partial charge in [-0.15, -0.1) is 11.6 Å². The van der Waals surface area contributed by atoms with Gasteiger partial charge in [-0.1, -0.05) is 0 Å². The van der Waals surface area contributed by atoms with Gasteiger partial charge in [0.1, 0.15) is 11.4 Å². The highest BCUT2D eigenvalue weighted by atomic mass is 35.5. The Bertz CT molecular complexity index is 681. The van der Waals surface area contributed by atoms with E-state index in [1.54, 1.807) is 0 Å². The molecule has 0 aliphatic rings. The van der Waals surface area contributed by atoms with Crippen LogP contribution < -0.4 is 5.56 Å². The van der Waals surface area contributed by atoms with E-state index in [1.165, 1.54) is 0 Å². The molecule has 0 bridgehead atoms. The molecule has 0 amide bonds. The second kappa shape index (κ2) is 5.16. The van der Waals surface area contributed by atoms with Crippen molar-refractivity contribution >= 4 is 11.6 Å². The van der Waals surface area contributed by atoms with Crippen LogP contribution in [0, 0.1) is 0 Å². The number of alkyl halides is 4. The maximum absolute atomic E-state index is 12.4. The van der Waals surface area contributed by atoms with Crippen molar-refractivity contribution in [3.8, 4) is 11.4 Å². The van der Waals surface area contributed by atoms with Crippen LogP contribution in [0.15, 0.2) is 35.1 Å². The van der Waals surface area contributed by atoms with Gasteiger partial charge < -0.3 is 5.11 Å². The van der Waals surface area contributed by atoms with Gasteiger partial charge >= 0.3 is 6.18 Å². The molecule has 0 aliphatic carbocycles. The lowest BCUT2D eigenvalue weighted by Gasteiger charge is -2.09. The van der Waals surface area contributed by atoms with Crippen molar-refractivity contribution in [2.75, 3.05) is 0 Å². The predicted molar refractivity (Wildman–Crippen MR) is 66.1 cm³/mol. The van der Waals surface area contributed by atoms with Gasteiger partial charge in [0.05, 0.1) is 17.1 Å². The molecule has 0 fully saturated rings. The Kier molecular flexibility index (Phi) is 3.71. The maximum atomic E-state index is 12.4. The van der Waals surface area contributed by atoms with Crippen LogP contribution in [-0.4, -0.2) is 14.9 Å². The van der Waals surface area contributed by atoms with Crippen LogP contribution in [-0.2, 0) is 12.1 Å². The molecule has 8 heteroatoms. The van der Waals surface area contributed by atoms with Crippen LogP contribution in [0.1, 0.15) is 11.3 Å². The Morgan fingerprint density at radius 1 is 1.25 bits per heavy atom. The molecule has 0 atom stereocenters. The van der Waals surface area contributed by atoms with E-state index in [1.807, 2.05) is 0 Å². The summed E-state index contributed by atoms with van der Waals surface area (Å²) in [5, 5.41) is 13.2. The summed E-state index contributed by atoms with van der Waals surface area (Å²) in [6, 6.07) is 4.83. The van der Waals surface area contributed by atoms with E-state index in [9.17, 15) is 23.1 Å². The summed E-state index contributed by atoms with van der Waals surface area (Å²) in [6.07, 6.45) is -4.45. The minimum absolute atomic E-state index is 0.0613. The van der Waals surface area contributed by atoms with Gasteiger partial charge in [-0.3, -0.25) is 4.79 Å². The highest BCUT2D eigenvalue weighted by Crippen LogP contribution is 2.29. The molecule has 0 saturated heterocycles. The lowest BCUT2D eigenvalue weighted by molar-refractivity contribution is -0.137. The fraction of sp³-hybridized carbons (Fsp3) is 0.167. The van der Waals surface area contributed by atoms with Crippen LogP contribution in [0.4, 0.5) is 13.2 Å². The zero-order valence-corrected chi connectivity index (χ0v) is 10.6. The summed E-state index contributed by atoms with van der Waals surface area (Å²) in [6.45, 7) is 0. The lowest BCUT2D eigenvalue weighted by atomic mass is 10.2. The molecule has 1 heterocycles. The Labute approximate surface area is 116 Å². The average Bonchev–Trinajstić information content (AvgIpc) is 2.38. The Hall–Kier alpha value is -2.02. The largest absolute Gasteiger partial charge is 0.506 e. The quantitative estimate of drug-likeness (QED) is 0.868. The van der Waals surface area contributed by atoms with Gasteiger partial charge in [0.25, 0.3) is 5.56 Å². The maximum Gasteiger partial charge on any atom is 0.416 e. The molecule has 106 valence electrons. The van der Waals surface area contributed by atoms with Gasteiger partial charge in [0, 0.05) is 6.07 Å². The third-order valence-electron chi connectivity index (χ3n) is 2.55. The topological polar surface area (TPSA) is 55.1 Å². The molecular weight excluding hydrogens is 297 g/mol. The molecular formula is C12H8ClF3N2O2. The first-order chi connectivity index (χ1) is 9.32. The monoisotopic (exact) mass is 304 g/mol. The summed E-state index contributed by atoms with van der Waals surface area (Å²) in [7, 11) is 0. The van der Waals surface area contributed by atoms with Crippen molar-refractivity contribution in [1.29, 1.82) is 0 Å².